The Kier molecular flexibility index (Phi) is 9.89. The van der Waals surface area contributed by atoms with Crippen LogP contribution >= 0.6 is 24.4 Å². The van der Waals surface area contributed by atoms with Crippen LogP contribution in [-0.2, 0) is 0 Å². The van der Waals surface area contributed by atoms with E-state index < -0.39 is 0 Å². The van der Waals surface area contributed by atoms with Gasteiger partial charge in [-0.2, -0.15) is 4.98 Å². The number of unbranched alkanes of at least 4 members (excludes halogenated alkanes) is 2. The highest BCUT2D eigenvalue weighted by Gasteiger charge is 2.07. The number of nitrogens with zero attached hydrogens (tertiary/aromatic N) is 5. The van der Waals surface area contributed by atoms with Crippen molar-refractivity contribution in [2.45, 2.75) is 39.5 Å². The molecule has 0 fully saturated rings. The predicted molar refractivity (Wildman–Crippen MR) is 96.5 cm³/mol. The maximum absolute atomic E-state index is 5.09. The first-order chi connectivity index (χ1) is 11.2. The smallest absolute Gasteiger partial charge is 0.207 e. The fourth-order valence-electron chi connectivity index (χ4n) is 1.76. The standard InChI is InChI=1S/C11H20N4S2.C3H3N3/c1-3-5-7-15(8-6-4-2)9-12-10(16)14-11(17)13-9;1-2-4-6-5-3-1/h3-8H2,1-2H3,(H2,12,13,14,16,17);1-3H. The van der Waals surface area contributed by atoms with Gasteiger partial charge in [0.05, 0.1) is 12.4 Å². The van der Waals surface area contributed by atoms with Gasteiger partial charge in [-0.05, 0) is 48.6 Å². The van der Waals surface area contributed by atoms with Crippen LogP contribution < -0.4 is 4.90 Å². The van der Waals surface area contributed by atoms with Crippen molar-refractivity contribution in [3.8, 4) is 0 Å². The second-order valence-electron chi connectivity index (χ2n) is 4.82. The van der Waals surface area contributed by atoms with Crippen molar-refractivity contribution in [2.75, 3.05) is 18.0 Å². The lowest BCUT2D eigenvalue weighted by Crippen LogP contribution is -2.27. The van der Waals surface area contributed by atoms with Gasteiger partial charge < -0.3 is 14.9 Å². The highest BCUT2D eigenvalue weighted by molar-refractivity contribution is 7.71. The molecule has 7 nitrogen and oxygen atoms in total. The van der Waals surface area contributed by atoms with Crippen LogP contribution in [0.4, 0.5) is 5.95 Å². The lowest BCUT2D eigenvalue weighted by Gasteiger charge is -2.22. The average molecular weight is 354 g/mol. The summed E-state index contributed by atoms with van der Waals surface area (Å²) >= 11 is 10.1. The molecule has 126 valence electrons. The van der Waals surface area contributed by atoms with Gasteiger partial charge >= 0.3 is 0 Å². The third kappa shape index (κ3) is 8.46. The van der Waals surface area contributed by atoms with E-state index in [1.54, 1.807) is 18.5 Å². The Balaban J connectivity index is 0.000000366. The van der Waals surface area contributed by atoms with Gasteiger partial charge in [-0.1, -0.05) is 26.7 Å². The maximum Gasteiger partial charge on any atom is 0.207 e. The summed E-state index contributed by atoms with van der Waals surface area (Å²) < 4.78 is 0.986. The summed E-state index contributed by atoms with van der Waals surface area (Å²) in [5, 5.41) is 10.1. The van der Waals surface area contributed by atoms with Crippen molar-refractivity contribution in [1.82, 2.24) is 30.4 Å². The molecule has 9 heteroatoms. The molecule has 0 saturated heterocycles. The number of aromatic amines is 2. The van der Waals surface area contributed by atoms with Gasteiger partial charge in [0.15, 0.2) is 4.77 Å². The molecule has 2 aromatic heterocycles. The first-order valence-corrected chi connectivity index (χ1v) is 8.53. The highest BCUT2D eigenvalue weighted by atomic mass is 32.1. The zero-order chi connectivity index (χ0) is 16.9. The molecule has 0 unspecified atom stereocenters. The van der Waals surface area contributed by atoms with Crippen LogP contribution in [0.2, 0.25) is 0 Å². The lowest BCUT2D eigenvalue weighted by atomic mass is 10.3. The van der Waals surface area contributed by atoms with Crippen LogP contribution in [-0.4, -0.2) is 43.5 Å². The zero-order valence-electron chi connectivity index (χ0n) is 13.5. The maximum atomic E-state index is 5.09. The molecule has 0 radical (unpaired) electrons. The van der Waals surface area contributed by atoms with Crippen molar-refractivity contribution in [3.63, 3.8) is 0 Å². The van der Waals surface area contributed by atoms with E-state index in [-0.39, 0.29) is 0 Å². The molecule has 2 N–H and O–H groups in total. The fourth-order valence-corrected chi connectivity index (χ4v) is 2.20. The second kappa shape index (κ2) is 11.8. The predicted octanol–water partition coefficient (Wildman–Crippen LogP) is 3.47. The summed E-state index contributed by atoms with van der Waals surface area (Å²) in [7, 11) is 0. The van der Waals surface area contributed by atoms with Crippen molar-refractivity contribution in [1.29, 1.82) is 0 Å². The van der Waals surface area contributed by atoms with Gasteiger partial charge in [0.25, 0.3) is 0 Å². The van der Waals surface area contributed by atoms with Gasteiger partial charge in [0.2, 0.25) is 10.7 Å². The first kappa shape index (κ1) is 19.3. The third-order valence-electron chi connectivity index (χ3n) is 2.92. The molecule has 0 bridgehead atoms. The number of hydrogen-bond acceptors (Lipinski definition) is 7. The summed E-state index contributed by atoms with van der Waals surface area (Å²) in [4.78, 5) is 12.4. The Bertz CT molecular complexity index is 578. The van der Waals surface area contributed by atoms with E-state index in [9.17, 15) is 0 Å². The summed E-state index contributed by atoms with van der Waals surface area (Å²) in [5.74, 6) is 0.792. The van der Waals surface area contributed by atoms with E-state index in [4.69, 9.17) is 24.4 Å². The molecule has 0 aliphatic rings. The number of H-pyrrole nitrogens is 2. The Morgan fingerprint density at radius 2 is 1.61 bits per heavy atom. The zero-order valence-corrected chi connectivity index (χ0v) is 15.2. The van der Waals surface area contributed by atoms with Crippen molar-refractivity contribution < 1.29 is 0 Å². The van der Waals surface area contributed by atoms with Gasteiger partial charge in [-0.25, -0.2) is 0 Å². The largest absolute Gasteiger partial charge is 0.342 e. The van der Waals surface area contributed by atoms with Gasteiger partial charge in [0.1, 0.15) is 0 Å². The molecule has 2 heterocycles. The fraction of sp³-hybridized carbons (Fsp3) is 0.571. The Morgan fingerprint density at radius 3 is 2.00 bits per heavy atom. The molecule has 23 heavy (non-hydrogen) atoms. The second-order valence-corrected chi connectivity index (χ2v) is 5.62. The molecule has 0 aliphatic carbocycles. The molecule has 0 aliphatic heterocycles. The minimum atomic E-state index is 0.446. The van der Waals surface area contributed by atoms with E-state index in [1.807, 2.05) is 0 Å². The number of anilines is 1. The van der Waals surface area contributed by atoms with E-state index in [0.29, 0.717) is 9.54 Å². The van der Waals surface area contributed by atoms with E-state index >= 15 is 0 Å². The van der Waals surface area contributed by atoms with E-state index in [0.717, 1.165) is 31.9 Å². The van der Waals surface area contributed by atoms with E-state index in [2.05, 4.69) is 49.1 Å². The van der Waals surface area contributed by atoms with Crippen LogP contribution in [0.3, 0.4) is 0 Å². The Hall–Kier alpha value is -1.74. The van der Waals surface area contributed by atoms with Crippen LogP contribution in [0.5, 0.6) is 0 Å². The number of rotatable bonds is 7. The first-order valence-electron chi connectivity index (χ1n) is 7.71. The quantitative estimate of drug-likeness (QED) is 0.737. The minimum Gasteiger partial charge on any atom is -0.342 e. The minimum absolute atomic E-state index is 0.446. The SMILES string of the molecule is CCCCN(CCCC)c1nc(=S)[nH]c(=S)[nH]1.c1cnnnc1. The molecule has 2 aromatic rings. The van der Waals surface area contributed by atoms with Crippen LogP contribution in [0.15, 0.2) is 18.5 Å². The third-order valence-corrected chi connectivity index (χ3v) is 3.32. The monoisotopic (exact) mass is 353 g/mol. The van der Waals surface area contributed by atoms with E-state index in [1.165, 1.54) is 12.8 Å². The summed E-state index contributed by atoms with van der Waals surface area (Å²) in [6.07, 6.45) is 7.79. The molecule has 0 spiro atoms. The summed E-state index contributed by atoms with van der Waals surface area (Å²) in [6, 6.07) is 1.72. The molecule has 0 atom stereocenters. The molecule has 0 aromatic carbocycles. The Morgan fingerprint density at radius 1 is 1.00 bits per heavy atom. The highest BCUT2D eigenvalue weighted by Crippen LogP contribution is 2.09. The van der Waals surface area contributed by atoms with Crippen molar-refractivity contribution >= 4 is 30.4 Å². The molecule has 0 saturated carbocycles. The number of hydrogen-bond donors (Lipinski definition) is 2. The summed E-state index contributed by atoms with van der Waals surface area (Å²) in [5.41, 5.74) is 0. The van der Waals surface area contributed by atoms with Gasteiger partial charge in [-0.3, -0.25) is 0 Å². The molecule has 2 rings (SSSR count). The van der Waals surface area contributed by atoms with Crippen LogP contribution in [0, 0.1) is 9.54 Å². The van der Waals surface area contributed by atoms with Crippen molar-refractivity contribution in [2.24, 2.45) is 0 Å². The molecule has 0 amide bonds. The lowest BCUT2D eigenvalue weighted by molar-refractivity contribution is 0.659. The van der Waals surface area contributed by atoms with Gasteiger partial charge in [0, 0.05) is 13.1 Å². The topological polar surface area (TPSA) is 86.4 Å². The molecular formula is C14H23N7S2. The molecular weight excluding hydrogens is 330 g/mol. The Labute approximate surface area is 146 Å². The van der Waals surface area contributed by atoms with Gasteiger partial charge in [-0.15, -0.1) is 10.2 Å². The summed E-state index contributed by atoms with van der Waals surface area (Å²) in [6.45, 7) is 6.36. The van der Waals surface area contributed by atoms with Crippen LogP contribution in [0.25, 0.3) is 0 Å². The van der Waals surface area contributed by atoms with Crippen LogP contribution in [0.1, 0.15) is 39.5 Å². The normalized spacial score (nSPS) is 9.83. The van der Waals surface area contributed by atoms with Crippen molar-refractivity contribution in [3.05, 3.63) is 28.0 Å². The number of aromatic nitrogens is 6. The number of nitrogens with one attached hydrogen (secondary N) is 2. The average Bonchev–Trinajstić information content (AvgIpc) is 2.56.